The lowest BCUT2D eigenvalue weighted by Gasteiger charge is -2.49. The maximum absolute atomic E-state index is 14.3. The molecule has 9 unspecified atom stereocenters. The number of aromatic hydroxyl groups is 2. The van der Waals surface area contributed by atoms with E-state index in [2.05, 4.69) is 73.5 Å². The van der Waals surface area contributed by atoms with Crippen LogP contribution in [0.1, 0.15) is 174 Å². The number of guanidine groups is 1. The zero-order valence-electron chi connectivity index (χ0n) is 42.0. The van der Waals surface area contributed by atoms with Gasteiger partial charge in [0.15, 0.2) is 23.2 Å². The summed E-state index contributed by atoms with van der Waals surface area (Å²) < 4.78 is 13.1. The Labute approximate surface area is 416 Å². The highest BCUT2D eigenvalue weighted by Crippen LogP contribution is 2.59. The first-order valence-electron chi connectivity index (χ1n) is 27.2. The van der Waals surface area contributed by atoms with E-state index in [1.54, 1.807) is 7.11 Å². The summed E-state index contributed by atoms with van der Waals surface area (Å²) in [5, 5.41) is 38.6. The molecule has 372 valence electrons. The summed E-state index contributed by atoms with van der Waals surface area (Å²) in [6.07, 6.45) is 20.9. The van der Waals surface area contributed by atoms with Gasteiger partial charge in [0.05, 0.1) is 24.3 Å². The molecule has 3 saturated carbocycles. The van der Waals surface area contributed by atoms with Crippen LogP contribution in [0.15, 0.2) is 76.8 Å². The van der Waals surface area contributed by atoms with E-state index in [-0.39, 0.29) is 83.0 Å². The summed E-state index contributed by atoms with van der Waals surface area (Å²) in [5.74, 6) is 9.46. The first-order valence-corrected chi connectivity index (χ1v) is 27.2. The van der Waals surface area contributed by atoms with Gasteiger partial charge in [0.1, 0.15) is 5.75 Å². The highest BCUT2D eigenvalue weighted by atomic mass is 16.5. The van der Waals surface area contributed by atoms with Crippen LogP contribution in [0.5, 0.6) is 17.2 Å². The molecular weight excluding hydrogens is 871 g/mol. The summed E-state index contributed by atoms with van der Waals surface area (Å²) in [4.78, 5) is 19.7. The average molecular weight is 948 g/mol. The molecule has 3 fully saturated rings. The molecule has 1 spiro atoms. The number of aliphatic hydroxyl groups is 1. The standard InChI is InChI=1S/C61H77N3O6/c1-4-40-30-42(18-19-43(40)35-65)55(67)21-20-41-34-56(70-49-15-6-7-16-49)59(68)58-50(41)17-11-14-47-31-45-33-52-51(24-37(2)25-53(52)57(58)54(45)36-69-3)44-27-39(29-48(66)32-44)26-38-12-10-13-46(28-38)61(64-60(62)63-47)22-8-5-9-23-61/h10,12-13,27-30,32-34,37,40,43,45,47,49,51,53-54,57,65-66,68H,4-9,14-16,18-26,31,35-36H2,1-3H3,(H3,62,63,64). The van der Waals surface area contributed by atoms with Gasteiger partial charge in [0, 0.05) is 49.5 Å². The van der Waals surface area contributed by atoms with Crippen molar-refractivity contribution in [3.8, 4) is 29.1 Å². The maximum Gasteiger partial charge on any atom is 0.189 e. The van der Waals surface area contributed by atoms with E-state index in [4.69, 9.17) is 20.2 Å². The Balaban J connectivity index is 1.16. The van der Waals surface area contributed by atoms with Crippen molar-refractivity contribution < 1.29 is 29.6 Å². The first-order chi connectivity index (χ1) is 34.0. The van der Waals surface area contributed by atoms with Gasteiger partial charge in [0.2, 0.25) is 0 Å². The number of aryl methyl sites for hydroxylation is 1. The van der Waals surface area contributed by atoms with Gasteiger partial charge in [-0.15, -0.1) is 0 Å². The number of ketones is 1. The fourth-order valence-electron chi connectivity index (χ4n) is 14.5. The SMILES string of the molecule is CCC1C=C(C(=O)CCc2cc(OC3CCCC3)c(O)c3c2C#CCC2CC4C=C5C(CC(C)CC5C3C4COC)c3cc(O)cc(c3)Cc3cccc(c3)C3(CCCCC3)NC(N)=N2)CCC1CO. The minimum atomic E-state index is -0.358. The monoisotopic (exact) mass is 948 g/mol. The number of nitrogens with zero attached hydrogens (tertiary/aromatic N) is 1. The molecule has 10 rings (SSSR count). The minimum absolute atomic E-state index is 0.00357. The summed E-state index contributed by atoms with van der Waals surface area (Å²) in [6.45, 7) is 5.11. The largest absolute Gasteiger partial charge is 0.508 e. The predicted molar refractivity (Wildman–Crippen MR) is 277 cm³/mol. The lowest BCUT2D eigenvalue weighted by atomic mass is 9.55. The van der Waals surface area contributed by atoms with Gasteiger partial charge in [-0.1, -0.05) is 93.0 Å². The van der Waals surface area contributed by atoms with Crippen LogP contribution < -0.4 is 15.8 Å². The molecule has 6 aliphatic carbocycles. The number of hydrogen-bond donors (Lipinski definition) is 5. The average Bonchev–Trinajstić information content (AvgIpc) is 3.87. The molecule has 1 heterocycles. The Morgan fingerprint density at radius 1 is 0.971 bits per heavy atom. The summed E-state index contributed by atoms with van der Waals surface area (Å²) in [6, 6.07) is 17.0. The summed E-state index contributed by atoms with van der Waals surface area (Å²) in [7, 11) is 1.79. The van der Waals surface area contributed by atoms with E-state index >= 15 is 0 Å². The van der Waals surface area contributed by atoms with Crippen LogP contribution in [0.4, 0.5) is 0 Å². The molecule has 70 heavy (non-hydrogen) atoms. The van der Waals surface area contributed by atoms with Crippen molar-refractivity contribution in [3.63, 3.8) is 0 Å². The number of phenols is 2. The lowest BCUT2D eigenvalue weighted by molar-refractivity contribution is -0.115. The molecule has 3 aromatic rings. The Bertz CT molecular complexity index is 2570. The number of aliphatic hydroxyl groups excluding tert-OH is 1. The second-order valence-electron chi connectivity index (χ2n) is 22.6. The zero-order chi connectivity index (χ0) is 48.5. The zero-order valence-corrected chi connectivity index (χ0v) is 42.0. The molecule has 8 bridgehead atoms. The summed E-state index contributed by atoms with van der Waals surface area (Å²) >= 11 is 0. The number of methoxy groups -OCH3 is 1. The molecule has 9 nitrogen and oxygen atoms in total. The van der Waals surface area contributed by atoms with E-state index in [9.17, 15) is 20.1 Å². The van der Waals surface area contributed by atoms with Crippen LogP contribution in [-0.4, -0.2) is 59.5 Å². The molecule has 0 saturated heterocycles. The number of fused-ring (bicyclic) bond motifs is 11. The van der Waals surface area contributed by atoms with E-state index in [1.807, 2.05) is 18.2 Å². The Hall–Kier alpha value is -5.04. The minimum Gasteiger partial charge on any atom is -0.508 e. The normalized spacial score (nSPS) is 29.4. The third-order valence-electron chi connectivity index (χ3n) is 17.9. The number of nitrogens with two attached hydrogens (primary N) is 1. The van der Waals surface area contributed by atoms with Crippen molar-refractivity contribution in [2.45, 2.75) is 165 Å². The third-order valence-corrected chi connectivity index (χ3v) is 17.9. The summed E-state index contributed by atoms with van der Waals surface area (Å²) in [5.41, 5.74) is 16.2. The van der Waals surface area contributed by atoms with Gasteiger partial charge >= 0.3 is 0 Å². The lowest BCUT2D eigenvalue weighted by Crippen LogP contribution is -2.50. The van der Waals surface area contributed by atoms with Crippen LogP contribution in [-0.2, 0) is 27.9 Å². The smallest absolute Gasteiger partial charge is 0.189 e. The molecular formula is C61H77N3O6. The number of hydrogen-bond acceptors (Lipinski definition) is 9. The van der Waals surface area contributed by atoms with Crippen LogP contribution in [0.25, 0.3) is 0 Å². The van der Waals surface area contributed by atoms with Gasteiger partial charge in [-0.05, 0) is 177 Å². The highest BCUT2D eigenvalue weighted by Gasteiger charge is 2.49. The molecule has 9 atom stereocenters. The van der Waals surface area contributed by atoms with Crippen molar-refractivity contribution >= 4 is 11.7 Å². The Kier molecular flexibility index (Phi) is 14.6. The number of phenolic OH excluding ortho intramolecular Hbond substituents is 2. The van der Waals surface area contributed by atoms with E-state index in [0.29, 0.717) is 62.8 Å². The maximum atomic E-state index is 14.3. The number of nitrogens with one attached hydrogen (secondary N) is 1. The molecule has 0 aromatic heterocycles. The van der Waals surface area contributed by atoms with Crippen LogP contribution in [0.3, 0.4) is 0 Å². The van der Waals surface area contributed by atoms with Gasteiger partial charge in [0.25, 0.3) is 0 Å². The molecule has 3 aromatic carbocycles. The van der Waals surface area contributed by atoms with Crippen molar-refractivity contribution in [3.05, 3.63) is 111 Å². The number of Topliss-reactive ketones (excluding diaryl/α,β-unsaturated/α-hetero) is 1. The van der Waals surface area contributed by atoms with E-state index < -0.39 is 0 Å². The van der Waals surface area contributed by atoms with Gasteiger partial charge in [-0.3, -0.25) is 4.79 Å². The van der Waals surface area contributed by atoms with Crippen LogP contribution in [0, 0.1) is 47.3 Å². The van der Waals surface area contributed by atoms with E-state index in [0.717, 1.165) is 110 Å². The van der Waals surface area contributed by atoms with Gasteiger partial charge in [-0.2, -0.15) is 0 Å². The van der Waals surface area contributed by atoms with Crippen molar-refractivity contribution in [1.29, 1.82) is 0 Å². The van der Waals surface area contributed by atoms with Crippen molar-refractivity contribution in [2.75, 3.05) is 20.3 Å². The number of ether oxygens (including phenoxy) is 2. The highest BCUT2D eigenvalue weighted by molar-refractivity contribution is 5.95. The molecule has 0 radical (unpaired) electrons. The first kappa shape index (κ1) is 48.6. The molecule has 7 aliphatic rings. The molecule has 1 aliphatic heterocycles. The molecule has 0 amide bonds. The number of rotatable bonds is 10. The second kappa shape index (κ2) is 21.0. The van der Waals surface area contributed by atoms with E-state index in [1.165, 1.54) is 23.1 Å². The number of carbonyl (C=O) groups excluding carboxylic acids is 1. The number of aliphatic imine (C=N–C) groups is 1. The molecule has 9 heteroatoms. The number of carbonyl (C=O) groups is 1. The topological polar surface area (TPSA) is 147 Å². The number of benzene rings is 3. The number of allylic oxidation sites excluding steroid dienone is 4. The van der Waals surface area contributed by atoms with Crippen LogP contribution >= 0.6 is 0 Å². The van der Waals surface area contributed by atoms with Crippen molar-refractivity contribution in [1.82, 2.24) is 5.32 Å². The van der Waals surface area contributed by atoms with Gasteiger partial charge in [-0.25, -0.2) is 4.99 Å². The fourth-order valence-corrected chi connectivity index (χ4v) is 14.5. The molecule has 6 N–H and O–H groups in total. The quantitative estimate of drug-likeness (QED) is 0.0997. The van der Waals surface area contributed by atoms with Crippen LogP contribution in [0.2, 0.25) is 0 Å². The second-order valence-corrected chi connectivity index (χ2v) is 22.6. The Morgan fingerprint density at radius 2 is 1.80 bits per heavy atom. The Morgan fingerprint density at radius 3 is 2.59 bits per heavy atom. The predicted octanol–water partition coefficient (Wildman–Crippen LogP) is 11.2. The van der Waals surface area contributed by atoms with Crippen molar-refractivity contribution in [2.24, 2.45) is 46.2 Å². The fraction of sp³-hybridized carbons (Fsp3) is 0.574. The third kappa shape index (κ3) is 9.94. The van der Waals surface area contributed by atoms with Gasteiger partial charge < -0.3 is 35.8 Å².